The van der Waals surface area contributed by atoms with Crippen LogP contribution < -0.4 is 16.0 Å². The molecule has 1 heterocycles. The third-order valence-electron chi connectivity index (χ3n) is 3.65. The summed E-state index contributed by atoms with van der Waals surface area (Å²) in [4.78, 5) is 25.0. The van der Waals surface area contributed by atoms with Crippen molar-refractivity contribution in [2.45, 2.75) is 39.9 Å². The van der Waals surface area contributed by atoms with E-state index in [-0.39, 0.29) is 29.7 Å². The van der Waals surface area contributed by atoms with Crippen LogP contribution in [0.5, 0.6) is 0 Å². The van der Waals surface area contributed by atoms with E-state index in [1.807, 2.05) is 13.8 Å². The Morgan fingerprint density at radius 3 is 2.39 bits per heavy atom. The van der Waals surface area contributed by atoms with Crippen molar-refractivity contribution >= 4 is 12.1 Å². The normalized spacial score (nSPS) is 26.3. The zero-order valence-electron chi connectivity index (χ0n) is 12.0. The average Bonchev–Trinajstić information content (AvgIpc) is 2.29. The maximum absolute atomic E-state index is 11.7. The number of rotatable bonds is 2. The Morgan fingerprint density at radius 1 is 1.39 bits per heavy atom. The molecule has 1 fully saturated rings. The van der Waals surface area contributed by atoms with Gasteiger partial charge in [0.2, 0.25) is 0 Å². The number of nitrogens with zero attached hydrogens (tertiary/aromatic N) is 1. The van der Waals surface area contributed by atoms with E-state index in [4.69, 9.17) is 0 Å². The highest BCUT2D eigenvalue weighted by Gasteiger charge is 2.47. The summed E-state index contributed by atoms with van der Waals surface area (Å²) in [5.74, 6) is 0.298. The second-order valence-corrected chi connectivity index (χ2v) is 5.73. The van der Waals surface area contributed by atoms with Gasteiger partial charge in [0, 0.05) is 25.6 Å². The zero-order chi connectivity index (χ0) is 14.1. The number of carbonyl (C=O) groups excluding carboxylic acids is 2. The van der Waals surface area contributed by atoms with E-state index >= 15 is 0 Å². The van der Waals surface area contributed by atoms with Crippen LogP contribution in [-0.4, -0.2) is 43.3 Å². The van der Waals surface area contributed by atoms with Gasteiger partial charge in [-0.25, -0.2) is 9.59 Å². The van der Waals surface area contributed by atoms with Crippen molar-refractivity contribution in [1.29, 1.82) is 0 Å². The van der Waals surface area contributed by atoms with E-state index in [1.165, 1.54) is 4.90 Å². The highest BCUT2D eigenvalue weighted by Crippen LogP contribution is 2.33. The first-order valence-corrected chi connectivity index (χ1v) is 6.23. The summed E-state index contributed by atoms with van der Waals surface area (Å²) >= 11 is 0. The van der Waals surface area contributed by atoms with Crippen molar-refractivity contribution in [2.75, 3.05) is 14.1 Å². The molecule has 0 aromatic heterocycles. The Kier molecular flexibility index (Phi) is 4.09. The molecule has 0 spiro atoms. The lowest BCUT2D eigenvalue weighted by molar-refractivity contribution is 0.0415. The van der Waals surface area contributed by atoms with Gasteiger partial charge in [0.15, 0.2) is 0 Å². The van der Waals surface area contributed by atoms with Gasteiger partial charge in [-0.1, -0.05) is 27.7 Å². The second kappa shape index (κ2) is 5.04. The van der Waals surface area contributed by atoms with Crippen molar-refractivity contribution in [3.63, 3.8) is 0 Å². The van der Waals surface area contributed by atoms with Crippen LogP contribution in [0.2, 0.25) is 0 Å². The predicted molar refractivity (Wildman–Crippen MR) is 70.1 cm³/mol. The molecule has 0 aromatic rings. The summed E-state index contributed by atoms with van der Waals surface area (Å²) < 4.78 is 0. The number of nitrogens with one attached hydrogen (secondary N) is 3. The van der Waals surface area contributed by atoms with Gasteiger partial charge >= 0.3 is 12.1 Å². The third-order valence-corrected chi connectivity index (χ3v) is 3.65. The highest BCUT2D eigenvalue weighted by atomic mass is 16.2. The van der Waals surface area contributed by atoms with E-state index in [0.29, 0.717) is 5.92 Å². The first-order chi connectivity index (χ1) is 8.21. The minimum Gasteiger partial charge on any atom is -0.341 e. The van der Waals surface area contributed by atoms with Crippen LogP contribution >= 0.6 is 0 Å². The lowest BCUT2D eigenvalue weighted by Gasteiger charge is -2.50. The molecule has 6 nitrogen and oxygen atoms in total. The maximum Gasteiger partial charge on any atom is 0.318 e. The number of amides is 4. The van der Waals surface area contributed by atoms with Gasteiger partial charge in [0.1, 0.15) is 6.17 Å². The Morgan fingerprint density at radius 2 is 1.94 bits per heavy atom. The summed E-state index contributed by atoms with van der Waals surface area (Å²) in [6, 6.07) is -0.421. The van der Waals surface area contributed by atoms with Crippen LogP contribution in [0.3, 0.4) is 0 Å². The van der Waals surface area contributed by atoms with E-state index < -0.39 is 0 Å². The van der Waals surface area contributed by atoms with Gasteiger partial charge < -0.3 is 20.9 Å². The van der Waals surface area contributed by atoms with Crippen molar-refractivity contribution in [3.05, 3.63) is 0 Å². The monoisotopic (exact) mass is 256 g/mol. The summed E-state index contributed by atoms with van der Waals surface area (Å²) in [7, 11) is 3.27. The number of hydrogen-bond acceptors (Lipinski definition) is 2. The van der Waals surface area contributed by atoms with Gasteiger partial charge in [-0.3, -0.25) is 0 Å². The first kappa shape index (κ1) is 14.6. The van der Waals surface area contributed by atoms with E-state index in [1.54, 1.807) is 14.1 Å². The molecule has 104 valence electrons. The maximum atomic E-state index is 11.7. The van der Waals surface area contributed by atoms with Crippen LogP contribution in [-0.2, 0) is 0 Å². The fourth-order valence-corrected chi connectivity index (χ4v) is 2.76. The molecule has 18 heavy (non-hydrogen) atoms. The van der Waals surface area contributed by atoms with Crippen LogP contribution in [0.1, 0.15) is 27.7 Å². The molecule has 0 bridgehead atoms. The highest BCUT2D eigenvalue weighted by molar-refractivity contribution is 5.78. The van der Waals surface area contributed by atoms with Gasteiger partial charge in [-0.15, -0.1) is 0 Å². The molecule has 1 saturated heterocycles. The minimum atomic E-state index is -0.335. The molecule has 2 unspecified atom stereocenters. The van der Waals surface area contributed by atoms with Crippen molar-refractivity contribution in [3.8, 4) is 0 Å². The molecule has 1 rings (SSSR count). The Labute approximate surface area is 108 Å². The summed E-state index contributed by atoms with van der Waals surface area (Å²) in [6.45, 7) is 8.23. The quantitative estimate of drug-likeness (QED) is 0.688. The second-order valence-electron chi connectivity index (χ2n) is 5.73. The lowest BCUT2D eigenvalue weighted by Crippen LogP contribution is -2.71. The Balaban J connectivity index is 3.02. The van der Waals surface area contributed by atoms with Crippen molar-refractivity contribution in [2.24, 2.45) is 11.3 Å². The Bertz CT molecular complexity index is 341. The predicted octanol–water partition coefficient (Wildman–Crippen LogP) is 0.947. The van der Waals surface area contributed by atoms with Crippen molar-refractivity contribution < 1.29 is 9.59 Å². The standard InChI is InChI=1S/C12H24N4O2/c1-7(2)8-12(3,4)9(15-10(17)14-8)16(6)11(18)13-5/h7-9H,1-6H3,(H,13,18)(H2,14,15,17). The summed E-state index contributed by atoms with van der Waals surface area (Å²) in [5.41, 5.74) is -0.261. The molecule has 2 atom stereocenters. The molecule has 1 aliphatic rings. The number of carbonyl (C=O) groups is 2. The van der Waals surface area contributed by atoms with Crippen molar-refractivity contribution in [1.82, 2.24) is 20.9 Å². The molecular formula is C12H24N4O2. The lowest BCUT2D eigenvalue weighted by atomic mass is 9.74. The zero-order valence-corrected chi connectivity index (χ0v) is 12.0. The SMILES string of the molecule is CNC(=O)N(C)C1NC(=O)NC(C(C)C)C1(C)C. The third kappa shape index (κ3) is 2.52. The first-order valence-electron chi connectivity index (χ1n) is 6.23. The topological polar surface area (TPSA) is 73.5 Å². The fourth-order valence-electron chi connectivity index (χ4n) is 2.76. The number of hydrogen-bond donors (Lipinski definition) is 3. The van der Waals surface area contributed by atoms with Gasteiger partial charge in [0.05, 0.1) is 0 Å². The fraction of sp³-hybridized carbons (Fsp3) is 0.833. The molecule has 4 amide bonds. The van der Waals surface area contributed by atoms with Gasteiger partial charge in [-0.2, -0.15) is 0 Å². The molecular weight excluding hydrogens is 232 g/mol. The van der Waals surface area contributed by atoms with Crippen LogP contribution in [0.4, 0.5) is 9.59 Å². The van der Waals surface area contributed by atoms with Crippen LogP contribution in [0, 0.1) is 11.3 Å². The van der Waals surface area contributed by atoms with Gasteiger partial charge in [0.25, 0.3) is 0 Å². The molecule has 0 radical (unpaired) electrons. The minimum absolute atomic E-state index is 0.0170. The number of urea groups is 2. The molecule has 0 aromatic carbocycles. The van der Waals surface area contributed by atoms with Crippen LogP contribution in [0.15, 0.2) is 0 Å². The van der Waals surface area contributed by atoms with E-state index in [2.05, 4.69) is 29.8 Å². The largest absolute Gasteiger partial charge is 0.341 e. The van der Waals surface area contributed by atoms with Gasteiger partial charge in [-0.05, 0) is 5.92 Å². The molecule has 0 aliphatic carbocycles. The summed E-state index contributed by atoms with van der Waals surface area (Å²) in [5, 5.41) is 8.33. The molecule has 3 N–H and O–H groups in total. The molecule has 6 heteroatoms. The molecule has 1 aliphatic heterocycles. The summed E-state index contributed by atoms with van der Waals surface area (Å²) in [6.07, 6.45) is -0.335. The Hall–Kier alpha value is -1.46. The average molecular weight is 256 g/mol. The molecule has 0 saturated carbocycles. The smallest absolute Gasteiger partial charge is 0.318 e. The van der Waals surface area contributed by atoms with E-state index in [9.17, 15) is 9.59 Å². The van der Waals surface area contributed by atoms with E-state index in [0.717, 1.165) is 0 Å². The van der Waals surface area contributed by atoms with Crippen LogP contribution in [0.25, 0.3) is 0 Å².